The van der Waals surface area contributed by atoms with Crippen molar-refractivity contribution in [3.05, 3.63) is 35.4 Å². The summed E-state index contributed by atoms with van der Waals surface area (Å²) >= 11 is 3.34. The van der Waals surface area contributed by atoms with Gasteiger partial charge in [-0.3, -0.25) is 9.69 Å². The lowest BCUT2D eigenvalue weighted by atomic mass is 10.1. The molecule has 1 atom stereocenters. The van der Waals surface area contributed by atoms with E-state index in [2.05, 4.69) is 37.7 Å². The molecule has 0 bridgehead atoms. The summed E-state index contributed by atoms with van der Waals surface area (Å²) in [6.45, 7) is 2.51. The van der Waals surface area contributed by atoms with Gasteiger partial charge in [-0.15, -0.1) is 0 Å². The van der Waals surface area contributed by atoms with Gasteiger partial charge in [0.1, 0.15) is 4.83 Å². The molecule has 0 saturated heterocycles. The molecular weight excluding hydrogens is 270 g/mol. The Kier molecular flexibility index (Phi) is 3.61. The first-order chi connectivity index (χ1) is 7.70. The Labute approximate surface area is 104 Å². The van der Waals surface area contributed by atoms with Crippen LogP contribution in [0.15, 0.2) is 24.3 Å². The number of carbonyl (C=O) groups excluding carboxylic acids is 1. The average Bonchev–Trinajstić information content (AvgIpc) is 2.69. The lowest BCUT2D eigenvalue weighted by Gasteiger charge is -2.17. The van der Waals surface area contributed by atoms with E-state index in [1.807, 2.05) is 12.1 Å². The molecule has 1 aliphatic heterocycles. The molecule has 0 saturated carbocycles. The number of methoxy groups -OCH3 is 1. The van der Waals surface area contributed by atoms with Crippen molar-refractivity contribution < 1.29 is 9.53 Å². The predicted molar refractivity (Wildman–Crippen MR) is 65.3 cm³/mol. The van der Waals surface area contributed by atoms with Crippen molar-refractivity contribution in [1.29, 1.82) is 0 Å². The first-order valence-electron chi connectivity index (χ1n) is 5.21. The number of benzene rings is 1. The molecule has 4 heteroatoms. The highest BCUT2D eigenvalue weighted by Gasteiger charge is 2.24. The van der Waals surface area contributed by atoms with Crippen LogP contribution in [0.3, 0.4) is 0 Å². The van der Waals surface area contributed by atoms with Gasteiger partial charge < -0.3 is 4.74 Å². The van der Waals surface area contributed by atoms with Crippen LogP contribution in [-0.2, 0) is 22.6 Å². The average molecular weight is 284 g/mol. The lowest BCUT2D eigenvalue weighted by molar-refractivity contribution is -0.140. The highest BCUT2D eigenvalue weighted by atomic mass is 79.9. The summed E-state index contributed by atoms with van der Waals surface area (Å²) in [6.07, 6.45) is 0. The zero-order valence-corrected chi connectivity index (χ0v) is 10.7. The number of alkyl halides is 1. The van der Waals surface area contributed by atoms with Gasteiger partial charge in [0.2, 0.25) is 0 Å². The largest absolute Gasteiger partial charge is 0.468 e. The second-order valence-electron chi connectivity index (χ2n) is 3.93. The molecule has 16 heavy (non-hydrogen) atoms. The van der Waals surface area contributed by atoms with Gasteiger partial charge in [-0.2, -0.15) is 0 Å². The number of rotatable bonds is 3. The molecule has 0 aliphatic carbocycles. The molecule has 1 heterocycles. The van der Waals surface area contributed by atoms with Gasteiger partial charge in [0, 0.05) is 19.6 Å². The third-order valence-corrected chi connectivity index (χ3v) is 3.45. The molecule has 1 aromatic carbocycles. The van der Waals surface area contributed by atoms with Crippen LogP contribution >= 0.6 is 15.9 Å². The Balaban J connectivity index is 1.94. The van der Waals surface area contributed by atoms with Gasteiger partial charge in [0.15, 0.2) is 0 Å². The number of ether oxygens (including phenoxy) is 1. The normalized spacial score (nSPS) is 16.9. The molecule has 0 N–H and O–H groups in total. The SMILES string of the molecule is COC(=O)C(Br)CN1Cc2ccccc2C1. The van der Waals surface area contributed by atoms with Crippen LogP contribution in [0.2, 0.25) is 0 Å². The van der Waals surface area contributed by atoms with E-state index in [1.165, 1.54) is 18.2 Å². The quantitative estimate of drug-likeness (QED) is 0.627. The molecule has 86 valence electrons. The molecule has 0 amide bonds. The first-order valence-corrected chi connectivity index (χ1v) is 6.13. The van der Waals surface area contributed by atoms with E-state index in [0.29, 0.717) is 6.54 Å². The predicted octanol–water partition coefficient (Wildman–Crippen LogP) is 1.94. The van der Waals surface area contributed by atoms with Gasteiger partial charge in [0.05, 0.1) is 7.11 Å². The van der Waals surface area contributed by atoms with Crippen LogP contribution in [0.4, 0.5) is 0 Å². The summed E-state index contributed by atoms with van der Waals surface area (Å²) < 4.78 is 4.69. The Bertz CT molecular complexity index is 369. The fourth-order valence-electron chi connectivity index (χ4n) is 1.96. The zero-order valence-electron chi connectivity index (χ0n) is 9.15. The number of hydrogen-bond donors (Lipinski definition) is 0. The fourth-order valence-corrected chi connectivity index (χ4v) is 2.56. The number of carbonyl (C=O) groups is 1. The standard InChI is InChI=1S/C12H14BrNO2/c1-16-12(15)11(13)8-14-6-9-4-2-3-5-10(9)7-14/h2-5,11H,6-8H2,1H3. The second kappa shape index (κ2) is 4.97. The second-order valence-corrected chi connectivity index (χ2v) is 5.03. The number of esters is 1. The Morgan fingerprint density at radius 2 is 2.00 bits per heavy atom. The molecule has 0 radical (unpaired) electrons. The molecule has 1 aromatic rings. The summed E-state index contributed by atoms with van der Waals surface area (Å²) in [4.78, 5) is 13.3. The van der Waals surface area contributed by atoms with Crippen LogP contribution in [-0.4, -0.2) is 29.4 Å². The molecule has 3 nitrogen and oxygen atoms in total. The topological polar surface area (TPSA) is 29.5 Å². The van der Waals surface area contributed by atoms with E-state index in [0.717, 1.165) is 13.1 Å². The van der Waals surface area contributed by atoms with Crippen LogP contribution in [0, 0.1) is 0 Å². The van der Waals surface area contributed by atoms with Gasteiger partial charge in [-0.05, 0) is 11.1 Å². The Morgan fingerprint density at radius 3 is 2.50 bits per heavy atom. The maximum absolute atomic E-state index is 11.3. The third-order valence-electron chi connectivity index (χ3n) is 2.78. The number of hydrogen-bond acceptors (Lipinski definition) is 3. The van der Waals surface area contributed by atoms with E-state index in [4.69, 9.17) is 0 Å². The number of nitrogens with zero attached hydrogens (tertiary/aromatic N) is 1. The first kappa shape index (κ1) is 11.6. The van der Waals surface area contributed by atoms with E-state index in [-0.39, 0.29) is 10.8 Å². The molecule has 0 fully saturated rings. The molecule has 2 rings (SSSR count). The van der Waals surface area contributed by atoms with Gasteiger partial charge in [-0.25, -0.2) is 0 Å². The lowest BCUT2D eigenvalue weighted by Crippen LogP contribution is -2.30. The van der Waals surface area contributed by atoms with Gasteiger partial charge >= 0.3 is 5.97 Å². The molecule has 0 spiro atoms. The van der Waals surface area contributed by atoms with Crippen LogP contribution < -0.4 is 0 Å². The minimum absolute atomic E-state index is 0.212. The Morgan fingerprint density at radius 1 is 1.44 bits per heavy atom. The number of halogens is 1. The van der Waals surface area contributed by atoms with Crippen molar-refractivity contribution in [3.8, 4) is 0 Å². The zero-order chi connectivity index (χ0) is 11.5. The summed E-state index contributed by atoms with van der Waals surface area (Å²) in [5.41, 5.74) is 2.71. The number of fused-ring (bicyclic) bond motifs is 1. The minimum atomic E-state index is -0.244. The van der Waals surface area contributed by atoms with Crippen molar-refractivity contribution >= 4 is 21.9 Å². The van der Waals surface area contributed by atoms with E-state index < -0.39 is 0 Å². The van der Waals surface area contributed by atoms with Crippen molar-refractivity contribution in [3.63, 3.8) is 0 Å². The minimum Gasteiger partial charge on any atom is -0.468 e. The maximum Gasteiger partial charge on any atom is 0.320 e. The molecule has 1 unspecified atom stereocenters. The molecular formula is C12H14BrNO2. The van der Waals surface area contributed by atoms with Crippen molar-refractivity contribution in [2.24, 2.45) is 0 Å². The van der Waals surface area contributed by atoms with E-state index in [1.54, 1.807) is 0 Å². The third kappa shape index (κ3) is 2.44. The van der Waals surface area contributed by atoms with Crippen molar-refractivity contribution in [2.45, 2.75) is 17.9 Å². The van der Waals surface area contributed by atoms with E-state index in [9.17, 15) is 4.79 Å². The Hall–Kier alpha value is -0.870. The van der Waals surface area contributed by atoms with Crippen LogP contribution in [0.25, 0.3) is 0 Å². The summed E-state index contributed by atoms with van der Waals surface area (Å²) in [7, 11) is 1.41. The van der Waals surface area contributed by atoms with Crippen LogP contribution in [0.1, 0.15) is 11.1 Å². The molecule has 1 aliphatic rings. The molecule has 0 aromatic heterocycles. The van der Waals surface area contributed by atoms with Crippen LogP contribution in [0.5, 0.6) is 0 Å². The van der Waals surface area contributed by atoms with E-state index >= 15 is 0 Å². The van der Waals surface area contributed by atoms with Gasteiger partial charge in [0.25, 0.3) is 0 Å². The maximum atomic E-state index is 11.3. The fraction of sp³-hybridized carbons (Fsp3) is 0.417. The smallest absolute Gasteiger partial charge is 0.320 e. The highest BCUT2D eigenvalue weighted by molar-refractivity contribution is 9.10. The summed E-state index contributed by atoms with van der Waals surface area (Å²) in [5, 5.41) is 0. The van der Waals surface area contributed by atoms with Crippen molar-refractivity contribution in [1.82, 2.24) is 4.90 Å². The van der Waals surface area contributed by atoms with Gasteiger partial charge in [-0.1, -0.05) is 40.2 Å². The summed E-state index contributed by atoms with van der Waals surface area (Å²) in [6, 6.07) is 8.37. The monoisotopic (exact) mass is 283 g/mol. The highest BCUT2D eigenvalue weighted by Crippen LogP contribution is 2.23. The summed E-state index contributed by atoms with van der Waals surface area (Å²) in [5.74, 6) is -0.212. The van der Waals surface area contributed by atoms with Crippen molar-refractivity contribution in [2.75, 3.05) is 13.7 Å².